The molecule has 0 fully saturated rings. The zero-order chi connectivity index (χ0) is 8.69. The van der Waals surface area contributed by atoms with Gasteiger partial charge in [-0.3, -0.25) is 0 Å². The molecule has 0 saturated heterocycles. The first-order valence-electron chi connectivity index (χ1n) is 4.40. The third-order valence-electron chi connectivity index (χ3n) is 2.33. The molecule has 0 saturated carbocycles. The van der Waals surface area contributed by atoms with Crippen LogP contribution in [0.1, 0.15) is 33.1 Å². The first-order chi connectivity index (χ1) is 5.29. The minimum absolute atomic E-state index is 0.509. The van der Waals surface area contributed by atoms with Crippen LogP contribution in [-0.4, -0.2) is 13.1 Å². The van der Waals surface area contributed by atoms with Crippen LogP contribution in [0.15, 0.2) is 0 Å². The molecule has 1 nitrogen and oxygen atoms in total. The van der Waals surface area contributed by atoms with Crippen molar-refractivity contribution in [3.63, 3.8) is 0 Å². The highest BCUT2D eigenvalue weighted by molar-refractivity contribution is 4.91. The maximum atomic E-state index is 5.26. The molecule has 64 valence electrons. The third-order valence-corrected chi connectivity index (χ3v) is 2.33. The van der Waals surface area contributed by atoms with Crippen molar-refractivity contribution in [3.8, 4) is 12.3 Å². The smallest absolute Gasteiger partial charge is 0.0243 e. The molecule has 0 aliphatic heterocycles. The topological polar surface area (TPSA) is 12.0 Å². The van der Waals surface area contributed by atoms with Crippen molar-refractivity contribution >= 4 is 0 Å². The Hall–Kier alpha value is -0.480. The predicted octanol–water partition coefficient (Wildman–Crippen LogP) is 2.03. The van der Waals surface area contributed by atoms with E-state index in [0.29, 0.717) is 6.04 Å². The lowest BCUT2D eigenvalue weighted by Gasteiger charge is -2.22. The zero-order valence-electron chi connectivity index (χ0n) is 7.85. The Morgan fingerprint density at radius 3 is 2.18 bits per heavy atom. The lowest BCUT2D eigenvalue weighted by molar-refractivity contribution is 0.356. The van der Waals surface area contributed by atoms with Gasteiger partial charge in [0, 0.05) is 12.5 Å². The summed E-state index contributed by atoms with van der Waals surface area (Å²) in [6.07, 6.45) is 8.54. The number of hydrogen-bond acceptors (Lipinski definition) is 1. The van der Waals surface area contributed by atoms with E-state index in [1.54, 1.807) is 0 Å². The fraction of sp³-hybridized carbons (Fsp3) is 0.800. The van der Waals surface area contributed by atoms with Crippen LogP contribution >= 0.6 is 0 Å². The molecule has 0 aliphatic rings. The second-order valence-corrected chi connectivity index (χ2v) is 2.88. The summed E-state index contributed by atoms with van der Waals surface area (Å²) in [6.45, 7) is 4.43. The van der Waals surface area contributed by atoms with E-state index in [0.717, 1.165) is 12.3 Å². The monoisotopic (exact) mass is 153 g/mol. The van der Waals surface area contributed by atoms with Crippen LogP contribution in [0.3, 0.4) is 0 Å². The molecule has 0 aromatic carbocycles. The number of terminal acetylenes is 1. The zero-order valence-corrected chi connectivity index (χ0v) is 7.85. The highest BCUT2D eigenvalue weighted by atomic mass is 14.9. The molecule has 0 aromatic rings. The Morgan fingerprint density at radius 2 is 1.91 bits per heavy atom. The summed E-state index contributed by atoms with van der Waals surface area (Å²) in [7, 11) is 1.99. The average Bonchev–Trinajstić information content (AvgIpc) is 2.05. The standard InChI is InChI=1S/C10H19N/c1-5-8-10(11-4)9(6-2)7-3/h1,9-11H,6-8H2,2-4H3. The van der Waals surface area contributed by atoms with Gasteiger partial charge in [-0.25, -0.2) is 0 Å². The van der Waals surface area contributed by atoms with E-state index in [-0.39, 0.29) is 0 Å². The van der Waals surface area contributed by atoms with Gasteiger partial charge in [0.05, 0.1) is 0 Å². The first-order valence-corrected chi connectivity index (χ1v) is 4.40. The molecule has 0 aliphatic carbocycles. The van der Waals surface area contributed by atoms with Crippen molar-refractivity contribution in [1.29, 1.82) is 0 Å². The second-order valence-electron chi connectivity index (χ2n) is 2.88. The number of hydrogen-bond donors (Lipinski definition) is 1. The molecule has 0 heterocycles. The minimum atomic E-state index is 0.509. The number of rotatable bonds is 5. The molecule has 0 radical (unpaired) electrons. The lowest BCUT2D eigenvalue weighted by atomic mass is 9.92. The normalized spacial score (nSPS) is 13.0. The third kappa shape index (κ3) is 3.43. The van der Waals surface area contributed by atoms with Gasteiger partial charge in [-0.1, -0.05) is 26.7 Å². The van der Waals surface area contributed by atoms with E-state index in [1.165, 1.54) is 12.8 Å². The van der Waals surface area contributed by atoms with Gasteiger partial charge in [0.15, 0.2) is 0 Å². The van der Waals surface area contributed by atoms with Crippen LogP contribution in [0, 0.1) is 18.3 Å². The van der Waals surface area contributed by atoms with Crippen molar-refractivity contribution < 1.29 is 0 Å². The average molecular weight is 153 g/mol. The summed E-state index contributed by atoms with van der Waals surface area (Å²) >= 11 is 0. The Balaban J connectivity index is 3.89. The molecular formula is C10H19N. The van der Waals surface area contributed by atoms with E-state index >= 15 is 0 Å². The van der Waals surface area contributed by atoms with Crippen LogP contribution < -0.4 is 5.32 Å². The summed E-state index contributed by atoms with van der Waals surface area (Å²) in [5.74, 6) is 3.44. The molecule has 0 spiro atoms. The fourth-order valence-electron chi connectivity index (χ4n) is 1.49. The first kappa shape index (κ1) is 10.5. The minimum Gasteiger partial charge on any atom is -0.316 e. The van der Waals surface area contributed by atoms with Gasteiger partial charge < -0.3 is 5.32 Å². The van der Waals surface area contributed by atoms with E-state index < -0.39 is 0 Å². The van der Waals surface area contributed by atoms with Crippen LogP contribution in [0.2, 0.25) is 0 Å². The maximum Gasteiger partial charge on any atom is 0.0243 e. The quantitative estimate of drug-likeness (QED) is 0.596. The summed E-state index contributed by atoms with van der Waals surface area (Å²) in [4.78, 5) is 0. The van der Waals surface area contributed by atoms with Crippen LogP contribution in [0.25, 0.3) is 0 Å². The van der Waals surface area contributed by atoms with E-state index in [1.807, 2.05) is 7.05 Å². The molecular weight excluding hydrogens is 134 g/mol. The molecule has 0 bridgehead atoms. The van der Waals surface area contributed by atoms with Crippen LogP contribution in [0.4, 0.5) is 0 Å². The van der Waals surface area contributed by atoms with Crippen molar-refractivity contribution in [2.45, 2.75) is 39.2 Å². The van der Waals surface area contributed by atoms with Gasteiger partial charge in [0.1, 0.15) is 0 Å². The largest absolute Gasteiger partial charge is 0.316 e. The predicted molar refractivity (Wildman–Crippen MR) is 50.4 cm³/mol. The summed E-state index contributed by atoms with van der Waals surface area (Å²) in [5, 5.41) is 3.26. The van der Waals surface area contributed by atoms with Crippen molar-refractivity contribution in [3.05, 3.63) is 0 Å². The molecule has 1 atom stereocenters. The molecule has 1 N–H and O–H groups in total. The van der Waals surface area contributed by atoms with Crippen molar-refractivity contribution in [2.75, 3.05) is 7.05 Å². The Labute approximate surface area is 70.6 Å². The Bertz CT molecular complexity index is 119. The van der Waals surface area contributed by atoms with E-state index in [9.17, 15) is 0 Å². The van der Waals surface area contributed by atoms with Gasteiger partial charge >= 0.3 is 0 Å². The summed E-state index contributed by atoms with van der Waals surface area (Å²) in [5.41, 5.74) is 0. The SMILES string of the molecule is C#CCC(NC)C(CC)CC. The Morgan fingerprint density at radius 1 is 1.36 bits per heavy atom. The van der Waals surface area contributed by atoms with E-state index in [4.69, 9.17) is 6.42 Å². The molecule has 0 amide bonds. The van der Waals surface area contributed by atoms with Crippen molar-refractivity contribution in [1.82, 2.24) is 5.32 Å². The van der Waals surface area contributed by atoms with Gasteiger partial charge in [-0.2, -0.15) is 0 Å². The highest BCUT2D eigenvalue weighted by Gasteiger charge is 2.14. The maximum absolute atomic E-state index is 5.26. The molecule has 1 unspecified atom stereocenters. The highest BCUT2D eigenvalue weighted by Crippen LogP contribution is 2.14. The molecule has 0 aromatic heterocycles. The van der Waals surface area contributed by atoms with E-state index in [2.05, 4.69) is 25.1 Å². The van der Waals surface area contributed by atoms with Gasteiger partial charge in [0.2, 0.25) is 0 Å². The lowest BCUT2D eigenvalue weighted by Crippen LogP contribution is -2.32. The summed E-state index contributed by atoms with van der Waals surface area (Å²) < 4.78 is 0. The van der Waals surface area contributed by atoms with Crippen LogP contribution in [-0.2, 0) is 0 Å². The molecule has 1 heteroatoms. The number of nitrogens with one attached hydrogen (secondary N) is 1. The van der Waals surface area contributed by atoms with Gasteiger partial charge in [-0.05, 0) is 13.0 Å². The summed E-state index contributed by atoms with van der Waals surface area (Å²) in [6, 6.07) is 0.509. The Kier molecular flexibility index (Phi) is 5.97. The molecule has 11 heavy (non-hydrogen) atoms. The van der Waals surface area contributed by atoms with Crippen molar-refractivity contribution in [2.24, 2.45) is 5.92 Å². The van der Waals surface area contributed by atoms with Gasteiger partial charge in [0.25, 0.3) is 0 Å². The van der Waals surface area contributed by atoms with Gasteiger partial charge in [-0.15, -0.1) is 12.3 Å². The fourth-order valence-corrected chi connectivity index (χ4v) is 1.49. The second kappa shape index (κ2) is 6.24. The van der Waals surface area contributed by atoms with Crippen LogP contribution in [0.5, 0.6) is 0 Å². The molecule has 0 rings (SSSR count).